The number of aliphatic carboxylic acids is 1. The van der Waals surface area contributed by atoms with Gasteiger partial charge in [0.1, 0.15) is 0 Å². The van der Waals surface area contributed by atoms with Crippen molar-refractivity contribution in [3.8, 4) is 0 Å². The molecule has 0 aliphatic carbocycles. The number of piperidine rings is 1. The van der Waals surface area contributed by atoms with Crippen LogP contribution in [0.3, 0.4) is 0 Å². The third-order valence-electron chi connectivity index (χ3n) is 3.64. The number of halogens is 3. The number of rotatable bonds is 3. The van der Waals surface area contributed by atoms with Crippen molar-refractivity contribution >= 4 is 29.3 Å². The molecule has 0 bridgehead atoms. The number of hydrogen-bond acceptors (Lipinski definition) is 2. The molecule has 0 spiro atoms. The number of nitrogens with one attached hydrogen (secondary N) is 1. The van der Waals surface area contributed by atoms with E-state index in [1.165, 1.54) is 23.1 Å². The molecule has 1 aromatic rings. The van der Waals surface area contributed by atoms with Gasteiger partial charge in [0.2, 0.25) is 0 Å². The van der Waals surface area contributed by atoms with Crippen LogP contribution >= 0.6 is 11.6 Å². The predicted molar refractivity (Wildman–Crippen MR) is 77.4 cm³/mol. The molecule has 1 aliphatic rings. The zero-order valence-electron chi connectivity index (χ0n) is 11.6. The summed E-state index contributed by atoms with van der Waals surface area (Å²) in [6.07, 6.45) is -1.99. The first-order chi connectivity index (χ1) is 10.4. The summed E-state index contributed by atoms with van der Waals surface area (Å²) in [5.41, 5.74) is -0.228. The Morgan fingerprint density at radius 1 is 1.32 bits per heavy atom. The predicted octanol–water partition coefficient (Wildman–Crippen LogP) is 3.61. The van der Waals surface area contributed by atoms with Gasteiger partial charge in [0.15, 0.2) is 0 Å². The third kappa shape index (κ3) is 3.65. The van der Waals surface area contributed by atoms with Crippen molar-refractivity contribution in [1.29, 1.82) is 0 Å². The van der Waals surface area contributed by atoms with E-state index in [-0.39, 0.29) is 16.3 Å². The van der Waals surface area contributed by atoms with Gasteiger partial charge < -0.3 is 15.3 Å². The Hall–Kier alpha value is -1.89. The highest BCUT2D eigenvalue weighted by Crippen LogP contribution is 2.33. The Labute approximate surface area is 130 Å². The number of urea groups is 1. The minimum atomic E-state index is -2.73. The van der Waals surface area contributed by atoms with Crippen molar-refractivity contribution in [3.05, 3.63) is 28.8 Å². The second-order valence-electron chi connectivity index (χ2n) is 5.04. The standard InChI is InChI=1S/C14H15ClF2N2O3/c15-11-9(12(16)17)2-1-3-10(11)18-14(22)19-6-4-8(5-7-19)13(20)21/h1-3,8,12H,4-7H2,(H,18,22)(H,20,21). The van der Waals surface area contributed by atoms with Crippen LogP contribution in [0.4, 0.5) is 19.3 Å². The molecule has 5 nitrogen and oxygen atoms in total. The third-order valence-corrected chi connectivity index (χ3v) is 4.06. The Morgan fingerprint density at radius 2 is 1.95 bits per heavy atom. The first-order valence-corrected chi connectivity index (χ1v) is 7.13. The van der Waals surface area contributed by atoms with E-state index < -0.39 is 24.3 Å². The van der Waals surface area contributed by atoms with Crippen molar-refractivity contribution in [2.24, 2.45) is 5.92 Å². The number of nitrogens with zero attached hydrogens (tertiary/aromatic N) is 1. The van der Waals surface area contributed by atoms with Gasteiger partial charge in [-0.3, -0.25) is 4.79 Å². The Kier molecular flexibility index (Phi) is 5.18. The lowest BCUT2D eigenvalue weighted by Crippen LogP contribution is -2.42. The molecule has 0 atom stereocenters. The maximum Gasteiger partial charge on any atom is 0.321 e. The maximum atomic E-state index is 12.8. The molecule has 2 amide bonds. The van der Waals surface area contributed by atoms with E-state index >= 15 is 0 Å². The van der Waals surface area contributed by atoms with Crippen LogP contribution in [0.1, 0.15) is 24.8 Å². The average molecular weight is 333 g/mol. The van der Waals surface area contributed by atoms with Crippen LogP contribution in [-0.4, -0.2) is 35.1 Å². The quantitative estimate of drug-likeness (QED) is 0.888. The number of carboxylic acid groups (broad SMARTS) is 1. The molecular formula is C14H15ClF2N2O3. The van der Waals surface area contributed by atoms with Gasteiger partial charge >= 0.3 is 12.0 Å². The Balaban J connectivity index is 2.01. The van der Waals surface area contributed by atoms with Gasteiger partial charge in [-0.25, -0.2) is 13.6 Å². The van der Waals surface area contributed by atoms with E-state index in [1.807, 2.05) is 0 Å². The van der Waals surface area contributed by atoms with Crippen LogP contribution < -0.4 is 5.32 Å². The van der Waals surface area contributed by atoms with E-state index in [1.54, 1.807) is 0 Å². The molecule has 22 heavy (non-hydrogen) atoms. The highest BCUT2D eigenvalue weighted by molar-refractivity contribution is 6.34. The Morgan fingerprint density at radius 3 is 2.50 bits per heavy atom. The number of carboxylic acids is 1. The number of alkyl halides is 2. The van der Waals surface area contributed by atoms with Crippen molar-refractivity contribution in [2.45, 2.75) is 19.3 Å². The SMILES string of the molecule is O=C(O)C1CCN(C(=O)Nc2cccc(C(F)F)c2Cl)CC1. The first-order valence-electron chi connectivity index (χ1n) is 6.75. The van der Waals surface area contributed by atoms with Gasteiger partial charge in [0, 0.05) is 18.7 Å². The number of anilines is 1. The summed E-state index contributed by atoms with van der Waals surface area (Å²) >= 11 is 5.86. The van der Waals surface area contributed by atoms with Crippen molar-refractivity contribution in [1.82, 2.24) is 4.90 Å². The highest BCUT2D eigenvalue weighted by atomic mass is 35.5. The lowest BCUT2D eigenvalue weighted by Gasteiger charge is -2.30. The number of hydrogen-bond donors (Lipinski definition) is 2. The van der Waals surface area contributed by atoms with Crippen molar-refractivity contribution < 1.29 is 23.5 Å². The van der Waals surface area contributed by atoms with E-state index in [0.29, 0.717) is 25.9 Å². The van der Waals surface area contributed by atoms with Crippen LogP contribution in [-0.2, 0) is 4.79 Å². The zero-order chi connectivity index (χ0) is 16.3. The lowest BCUT2D eigenvalue weighted by molar-refractivity contribution is -0.143. The molecular weight excluding hydrogens is 318 g/mol. The van der Waals surface area contributed by atoms with Gasteiger partial charge in [-0.1, -0.05) is 23.7 Å². The minimum Gasteiger partial charge on any atom is -0.481 e. The summed E-state index contributed by atoms with van der Waals surface area (Å²) in [5.74, 6) is -1.32. The number of carbonyl (C=O) groups is 2. The number of amides is 2. The monoisotopic (exact) mass is 332 g/mol. The molecule has 0 unspecified atom stereocenters. The van der Waals surface area contributed by atoms with E-state index in [2.05, 4.69) is 5.32 Å². The molecule has 0 aromatic heterocycles. The minimum absolute atomic E-state index is 0.116. The summed E-state index contributed by atoms with van der Waals surface area (Å²) < 4.78 is 25.5. The van der Waals surface area contributed by atoms with Crippen LogP contribution in [0, 0.1) is 5.92 Å². The fourth-order valence-corrected chi connectivity index (χ4v) is 2.59. The number of likely N-dealkylation sites (tertiary alicyclic amines) is 1. The molecule has 120 valence electrons. The van der Waals surface area contributed by atoms with E-state index in [4.69, 9.17) is 16.7 Å². The van der Waals surface area contributed by atoms with Crippen LogP contribution in [0.25, 0.3) is 0 Å². The van der Waals surface area contributed by atoms with Gasteiger partial charge in [0.25, 0.3) is 6.43 Å². The van der Waals surface area contributed by atoms with Crippen molar-refractivity contribution in [3.63, 3.8) is 0 Å². The molecule has 1 saturated heterocycles. The zero-order valence-corrected chi connectivity index (χ0v) is 12.3. The van der Waals surface area contributed by atoms with Crippen LogP contribution in [0.5, 0.6) is 0 Å². The summed E-state index contributed by atoms with van der Waals surface area (Å²) in [5, 5.41) is 11.2. The molecule has 2 N–H and O–H groups in total. The molecule has 8 heteroatoms. The molecule has 1 heterocycles. The number of carbonyl (C=O) groups excluding carboxylic acids is 1. The molecule has 0 radical (unpaired) electrons. The fraction of sp³-hybridized carbons (Fsp3) is 0.429. The molecule has 2 rings (SSSR count). The maximum absolute atomic E-state index is 12.8. The van der Waals surface area contributed by atoms with E-state index in [0.717, 1.165) is 0 Å². The summed E-state index contributed by atoms with van der Waals surface area (Å²) in [4.78, 5) is 24.4. The first kappa shape index (κ1) is 16.5. The van der Waals surface area contributed by atoms with Crippen molar-refractivity contribution in [2.75, 3.05) is 18.4 Å². The lowest BCUT2D eigenvalue weighted by atomic mass is 9.97. The molecule has 0 saturated carbocycles. The van der Waals surface area contributed by atoms with Gasteiger partial charge in [0.05, 0.1) is 16.6 Å². The van der Waals surface area contributed by atoms with E-state index in [9.17, 15) is 18.4 Å². The second-order valence-corrected chi connectivity index (χ2v) is 5.42. The summed E-state index contributed by atoms with van der Waals surface area (Å²) in [6.45, 7) is 0.601. The number of benzene rings is 1. The largest absolute Gasteiger partial charge is 0.481 e. The smallest absolute Gasteiger partial charge is 0.321 e. The normalized spacial score (nSPS) is 15.9. The molecule has 1 aromatic carbocycles. The fourth-order valence-electron chi connectivity index (χ4n) is 2.34. The summed E-state index contributed by atoms with van der Waals surface area (Å²) in [7, 11) is 0. The average Bonchev–Trinajstić information content (AvgIpc) is 2.49. The summed E-state index contributed by atoms with van der Waals surface area (Å²) in [6, 6.07) is 3.55. The second kappa shape index (κ2) is 6.91. The van der Waals surface area contributed by atoms with Gasteiger partial charge in [-0.05, 0) is 18.9 Å². The Bertz CT molecular complexity index is 575. The van der Waals surface area contributed by atoms with Crippen LogP contribution in [0.2, 0.25) is 5.02 Å². The molecule has 1 aliphatic heterocycles. The topological polar surface area (TPSA) is 69.6 Å². The van der Waals surface area contributed by atoms with Gasteiger partial charge in [-0.15, -0.1) is 0 Å². The van der Waals surface area contributed by atoms with Crippen LogP contribution in [0.15, 0.2) is 18.2 Å². The highest BCUT2D eigenvalue weighted by Gasteiger charge is 2.27. The van der Waals surface area contributed by atoms with Gasteiger partial charge in [-0.2, -0.15) is 0 Å². The molecule has 1 fully saturated rings.